The molecule has 0 saturated carbocycles. The molecule has 0 aliphatic rings. The van der Waals surface area contributed by atoms with E-state index in [-0.39, 0.29) is 18.6 Å². The van der Waals surface area contributed by atoms with Gasteiger partial charge >= 0.3 is 0 Å². The second-order valence-electron chi connectivity index (χ2n) is 4.79. The number of carbonyl (C=O) groups is 1. The number of aliphatic hydroxyl groups is 1. The van der Waals surface area contributed by atoms with Crippen LogP contribution in [-0.2, 0) is 17.8 Å². The van der Waals surface area contributed by atoms with Gasteiger partial charge in [0.05, 0.1) is 13.0 Å². The summed E-state index contributed by atoms with van der Waals surface area (Å²) in [6.07, 6.45) is 2.38. The molecule has 1 unspecified atom stereocenters. The number of aromatic nitrogens is 1. The third-order valence-corrected chi connectivity index (χ3v) is 3.24. The van der Waals surface area contributed by atoms with E-state index in [1.807, 2.05) is 24.4 Å². The zero-order valence-electron chi connectivity index (χ0n) is 11.4. The van der Waals surface area contributed by atoms with Crippen molar-refractivity contribution in [3.63, 3.8) is 0 Å². The summed E-state index contributed by atoms with van der Waals surface area (Å²) in [7, 11) is 0. The minimum absolute atomic E-state index is 0.0392. The van der Waals surface area contributed by atoms with E-state index in [1.54, 1.807) is 6.92 Å². The lowest BCUT2D eigenvalue weighted by atomic mass is 10.1. The van der Waals surface area contributed by atoms with Crippen molar-refractivity contribution >= 4 is 16.8 Å². The maximum Gasteiger partial charge on any atom is 0.224 e. The number of aliphatic hydroxyl groups excluding tert-OH is 1. The summed E-state index contributed by atoms with van der Waals surface area (Å²) >= 11 is 0. The molecule has 0 radical (unpaired) electrons. The van der Waals surface area contributed by atoms with Gasteiger partial charge in [-0.3, -0.25) is 4.79 Å². The maximum atomic E-state index is 11.9. The van der Waals surface area contributed by atoms with Gasteiger partial charge in [0.15, 0.2) is 0 Å². The fourth-order valence-corrected chi connectivity index (χ4v) is 2.27. The summed E-state index contributed by atoms with van der Waals surface area (Å²) in [5.74, 6) is -0.0550. The summed E-state index contributed by atoms with van der Waals surface area (Å²) in [4.78, 5) is 11.9. The highest BCUT2D eigenvalue weighted by molar-refractivity contribution is 5.89. The Bertz CT molecular complexity index is 575. The zero-order valence-corrected chi connectivity index (χ0v) is 11.4. The summed E-state index contributed by atoms with van der Waals surface area (Å²) in [5.41, 5.74) is 2.18. The molecule has 1 atom stereocenters. The smallest absolute Gasteiger partial charge is 0.224 e. The van der Waals surface area contributed by atoms with Crippen LogP contribution >= 0.6 is 0 Å². The Balaban J connectivity index is 2.23. The molecule has 4 nitrogen and oxygen atoms in total. The van der Waals surface area contributed by atoms with Crippen molar-refractivity contribution in [3.05, 3.63) is 36.0 Å². The quantitative estimate of drug-likeness (QED) is 0.859. The van der Waals surface area contributed by atoms with Gasteiger partial charge in [0.25, 0.3) is 0 Å². The lowest BCUT2D eigenvalue weighted by molar-refractivity contribution is -0.121. The van der Waals surface area contributed by atoms with Gasteiger partial charge in [0.2, 0.25) is 5.91 Å². The molecule has 0 bridgehead atoms. The van der Waals surface area contributed by atoms with Crippen LogP contribution in [-0.4, -0.2) is 28.2 Å². The molecular formula is C15H20N2O2. The first-order chi connectivity index (χ1) is 9.15. The van der Waals surface area contributed by atoms with Gasteiger partial charge in [0, 0.05) is 29.7 Å². The molecule has 0 aliphatic carbocycles. The third-order valence-electron chi connectivity index (χ3n) is 3.24. The monoisotopic (exact) mass is 260 g/mol. The molecule has 0 saturated heterocycles. The van der Waals surface area contributed by atoms with Gasteiger partial charge in [-0.05, 0) is 25.5 Å². The van der Waals surface area contributed by atoms with Crippen LogP contribution in [0.3, 0.4) is 0 Å². The normalized spacial score (nSPS) is 12.6. The SMILES string of the molecule is CCn1cc(CC(=O)NC(C)CO)c2ccccc21. The number of aryl methyl sites for hydroxylation is 1. The van der Waals surface area contributed by atoms with Crippen LogP contribution in [0.15, 0.2) is 30.5 Å². The number of rotatable bonds is 5. The number of fused-ring (bicyclic) bond motifs is 1. The minimum Gasteiger partial charge on any atom is -0.394 e. The van der Waals surface area contributed by atoms with Crippen LogP contribution in [0.25, 0.3) is 10.9 Å². The average Bonchev–Trinajstić information content (AvgIpc) is 2.77. The number of nitrogens with one attached hydrogen (secondary N) is 1. The van der Waals surface area contributed by atoms with E-state index in [0.29, 0.717) is 6.42 Å². The first kappa shape index (κ1) is 13.6. The molecule has 2 aromatic rings. The van der Waals surface area contributed by atoms with Gasteiger partial charge in [0.1, 0.15) is 0 Å². The number of hydrogen-bond donors (Lipinski definition) is 2. The van der Waals surface area contributed by atoms with E-state index in [2.05, 4.69) is 22.9 Å². The minimum atomic E-state index is -0.202. The van der Waals surface area contributed by atoms with Gasteiger partial charge in [-0.2, -0.15) is 0 Å². The zero-order chi connectivity index (χ0) is 13.8. The predicted molar refractivity (Wildman–Crippen MR) is 76.0 cm³/mol. The highest BCUT2D eigenvalue weighted by atomic mass is 16.3. The molecule has 1 heterocycles. The first-order valence-electron chi connectivity index (χ1n) is 6.62. The van der Waals surface area contributed by atoms with Gasteiger partial charge in [-0.1, -0.05) is 18.2 Å². The molecule has 0 fully saturated rings. The fourth-order valence-electron chi connectivity index (χ4n) is 2.27. The molecular weight excluding hydrogens is 240 g/mol. The van der Waals surface area contributed by atoms with Crippen molar-refractivity contribution in [2.75, 3.05) is 6.61 Å². The number of hydrogen-bond acceptors (Lipinski definition) is 2. The Hall–Kier alpha value is -1.81. The standard InChI is InChI=1S/C15H20N2O2/c1-3-17-9-12(8-15(19)16-11(2)10-18)13-6-4-5-7-14(13)17/h4-7,9,11,18H,3,8,10H2,1-2H3,(H,16,19). The van der Waals surface area contributed by atoms with Crippen LogP contribution in [0.5, 0.6) is 0 Å². The number of amides is 1. The van der Waals surface area contributed by atoms with Crippen molar-refractivity contribution in [1.29, 1.82) is 0 Å². The van der Waals surface area contributed by atoms with Gasteiger partial charge in [-0.15, -0.1) is 0 Å². The third kappa shape index (κ3) is 2.96. The van der Waals surface area contributed by atoms with Gasteiger partial charge in [-0.25, -0.2) is 0 Å². The van der Waals surface area contributed by atoms with E-state index in [1.165, 1.54) is 0 Å². The number of para-hydroxylation sites is 1. The van der Waals surface area contributed by atoms with E-state index in [9.17, 15) is 4.79 Å². The molecule has 1 aromatic carbocycles. The molecule has 1 amide bonds. The fraction of sp³-hybridized carbons (Fsp3) is 0.400. The lowest BCUT2D eigenvalue weighted by Crippen LogP contribution is -2.35. The van der Waals surface area contributed by atoms with Crippen molar-refractivity contribution in [2.24, 2.45) is 0 Å². The summed E-state index contributed by atoms with van der Waals surface area (Å²) < 4.78 is 2.15. The maximum absolute atomic E-state index is 11.9. The summed E-state index contributed by atoms with van der Waals surface area (Å²) in [6, 6.07) is 7.90. The summed E-state index contributed by atoms with van der Waals surface area (Å²) in [6.45, 7) is 4.72. The topological polar surface area (TPSA) is 54.3 Å². The average molecular weight is 260 g/mol. The van der Waals surface area contributed by atoms with E-state index < -0.39 is 0 Å². The number of nitrogens with zero attached hydrogens (tertiary/aromatic N) is 1. The molecule has 4 heteroatoms. The van der Waals surface area contributed by atoms with Crippen molar-refractivity contribution in [2.45, 2.75) is 32.9 Å². The first-order valence-corrected chi connectivity index (χ1v) is 6.62. The Morgan fingerprint density at radius 3 is 2.84 bits per heavy atom. The summed E-state index contributed by atoms with van der Waals surface area (Å²) in [5, 5.41) is 12.8. The van der Waals surface area contributed by atoms with E-state index >= 15 is 0 Å². The Labute approximate surface area is 113 Å². The highest BCUT2D eigenvalue weighted by Gasteiger charge is 2.12. The van der Waals surface area contributed by atoms with Crippen LogP contribution in [0.2, 0.25) is 0 Å². The molecule has 0 aliphatic heterocycles. The largest absolute Gasteiger partial charge is 0.394 e. The Morgan fingerprint density at radius 2 is 2.16 bits per heavy atom. The molecule has 2 rings (SSSR count). The molecule has 102 valence electrons. The Kier molecular flexibility index (Phi) is 4.22. The number of carbonyl (C=O) groups excluding carboxylic acids is 1. The van der Waals surface area contributed by atoms with Gasteiger partial charge < -0.3 is 15.0 Å². The second kappa shape index (κ2) is 5.89. The number of benzene rings is 1. The molecule has 1 aromatic heterocycles. The van der Waals surface area contributed by atoms with Crippen molar-refractivity contribution < 1.29 is 9.90 Å². The van der Waals surface area contributed by atoms with Crippen LogP contribution in [0.1, 0.15) is 19.4 Å². The Morgan fingerprint density at radius 1 is 1.42 bits per heavy atom. The highest BCUT2D eigenvalue weighted by Crippen LogP contribution is 2.21. The van der Waals surface area contributed by atoms with Crippen molar-refractivity contribution in [1.82, 2.24) is 9.88 Å². The van der Waals surface area contributed by atoms with Crippen LogP contribution in [0.4, 0.5) is 0 Å². The van der Waals surface area contributed by atoms with Crippen molar-refractivity contribution in [3.8, 4) is 0 Å². The molecule has 19 heavy (non-hydrogen) atoms. The lowest BCUT2D eigenvalue weighted by Gasteiger charge is -2.10. The van der Waals surface area contributed by atoms with E-state index in [0.717, 1.165) is 23.0 Å². The van der Waals surface area contributed by atoms with Crippen LogP contribution < -0.4 is 5.32 Å². The molecule has 0 spiro atoms. The van der Waals surface area contributed by atoms with Crippen LogP contribution in [0, 0.1) is 0 Å². The predicted octanol–water partition coefficient (Wildman–Crippen LogP) is 1.70. The second-order valence-corrected chi connectivity index (χ2v) is 4.79. The van der Waals surface area contributed by atoms with E-state index in [4.69, 9.17) is 5.11 Å². The molecule has 2 N–H and O–H groups in total.